The number of carbonyl (C=O) groups is 1. The van der Waals surface area contributed by atoms with Gasteiger partial charge in [0, 0.05) is 16.2 Å². The second kappa shape index (κ2) is 7.27. The van der Waals surface area contributed by atoms with Gasteiger partial charge in [0.15, 0.2) is 0 Å². The Hall–Kier alpha value is -2.07. The van der Waals surface area contributed by atoms with Crippen molar-refractivity contribution in [3.63, 3.8) is 0 Å². The highest BCUT2D eigenvalue weighted by Gasteiger charge is 2.06. The minimum absolute atomic E-state index is 0.149. The minimum atomic E-state index is -0.149. The monoisotopic (exact) mass is 359 g/mol. The summed E-state index contributed by atoms with van der Waals surface area (Å²) >= 11 is 3.45. The van der Waals surface area contributed by atoms with E-state index in [-0.39, 0.29) is 5.91 Å². The van der Waals surface area contributed by atoms with Crippen molar-refractivity contribution in [2.45, 2.75) is 13.8 Å². The van der Waals surface area contributed by atoms with E-state index in [0.717, 1.165) is 32.6 Å². The first-order valence-corrected chi connectivity index (χ1v) is 7.69. The first-order valence-electron chi connectivity index (χ1n) is 6.89. The van der Waals surface area contributed by atoms with Gasteiger partial charge in [0.1, 0.15) is 5.75 Å². The largest absolute Gasteiger partial charge is 0.497 e. The SMILES string of the molecule is COc1ccc(C=CC(=O)Nc2c(C)cc(Br)cc2C)cc1. The van der Waals surface area contributed by atoms with Gasteiger partial charge >= 0.3 is 0 Å². The summed E-state index contributed by atoms with van der Waals surface area (Å²) in [5, 5.41) is 2.93. The maximum absolute atomic E-state index is 12.1. The highest BCUT2D eigenvalue weighted by Crippen LogP contribution is 2.25. The molecule has 0 aliphatic rings. The Morgan fingerprint density at radius 3 is 2.27 bits per heavy atom. The van der Waals surface area contributed by atoms with Crippen LogP contribution in [0.3, 0.4) is 0 Å². The van der Waals surface area contributed by atoms with Crippen molar-refractivity contribution < 1.29 is 9.53 Å². The van der Waals surface area contributed by atoms with Gasteiger partial charge in [-0.15, -0.1) is 0 Å². The number of ether oxygens (including phenoxy) is 1. The first-order chi connectivity index (χ1) is 10.5. The molecule has 1 amide bonds. The Morgan fingerprint density at radius 2 is 1.73 bits per heavy atom. The average Bonchev–Trinajstić information content (AvgIpc) is 2.49. The van der Waals surface area contributed by atoms with Crippen LogP contribution in [0.1, 0.15) is 16.7 Å². The predicted molar refractivity (Wildman–Crippen MR) is 94.3 cm³/mol. The normalized spacial score (nSPS) is 10.7. The van der Waals surface area contributed by atoms with E-state index in [9.17, 15) is 4.79 Å². The fourth-order valence-corrected chi connectivity index (χ4v) is 2.85. The van der Waals surface area contributed by atoms with Crippen LogP contribution < -0.4 is 10.1 Å². The molecule has 2 aromatic carbocycles. The van der Waals surface area contributed by atoms with Gasteiger partial charge in [-0.1, -0.05) is 28.1 Å². The number of rotatable bonds is 4. The standard InChI is InChI=1S/C18H18BrNO2/c1-12-10-15(19)11-13(2)18(12)20-17(21)9-6-14-4-7-16(22-3)8-5-14/h4-11H,1-3H3,(H,20,21). The Morgan fingerprint density at radius 1 is 1.14 bits per heavy atom. The fourth-order valence-electron chi connectivity index (χ4n) is 2.16. The summed E-state index contributed by atoms with van der Waals surface area (Å²) in [6.07, 6.45) is 3.31. The van der Waals surface area contributed by atoms with Crippen LogP contribution in [0.2, 0.25) is 0 Å². The zero-order valence-corrected chi connectivity index (χ0v) is 14.4. The summed E-state index contributed by atoms with van der Waals surface area (Å²) < 4.78 is 6.11. The number of hydrogen-bond donors (Lipinski definition) is 1. The van der Waals surface area contributed by atoms with Crippen molar-refractivity contribution in [2.24, 2.45) is 0 Å². The molecular formula is C18H18BrNO2. The fraction of sp³-hybridized carbons (Fsp3) is 0.167. The summed E-state index contributed by atoms with van der Waals surface area (Å²) in [5.41, 5.74) is 3.85. The molecule has 0 heterocycles. The molecule has 0 atom stereocenters. The van der Waals surface area contributed by atoms with Crippen molar-refractivity contribution in [1.82, 2.24) is 0 Å². The second-order valence-electron chi connectivity index (χ2n) is 5.01. The van der Waals surface area contributed by atoms with Crippen LogP contribution >= 0.6 is 15.9 Å². The van der Waals surface area contributed by atoms with Gasteiger partial charge in [-0.2, -0.15) is 0 Å². The van der Waals surface area contributed by atoms with E-state index in [0.29, 0.717) is 0 Å². The van der Waals surface area contributed by atoms with Crippen molar-refractivity contribution >= 4 is 33.6 Å². The number of aryl methyl sites for hydroxylation is 2. The average molecular weight is 360 g/mol. The van der Waals surface area contributed by atoms with Crippen molar-refractivity contribution in [1.29, 1.82) is 0 Å². The second-order valence-corrected chi connectivity index (χ2v) is 5.93. The lowest BCUT2D eigenvalue weighted by Gasteiger charge is -2.10. The van der Waals surface area contributed by atoms with Crippen LogP contribution in [0.25, 0.3) is 6.08 Å². The molecule has 22 heavy (non-hydrogen) atoms. The van der Waals surface area contributed by atoms with Gasteiger partial charge in [-0.25, -0.2) is 0 Å². The maximum atomic E-state index is 12.1. The van der Waals surface area contributed by atoms with Crippen LogP contribution in [0.4, 0.5) is 5.69 Å². The molecule has 0 bridgehead atoms. The number of nitrogens with one attached hydrogen (secondary N) is 1. The molecule has 0 radical (unpaired) electrons. The van der Waals surface area contributed by atoms with Gasteiger partial charge in [0.2, 0.25) is 5.91 Å². The zero-order chi connectivity index (χ0) is 16.1. The number of halogens is 1. The molecule has 0 aliphatic heterocycles. The van der Waals surface area contributed by atoms with Crippen molar-refractivity contribution in [2.75, 3.05) is 12.4 Å². The van der Waals surface area contributed by atoms with E-state index in [2.05, 4.69) is 21.2 Å². The number of hydrogen-bond acceptors (Lipinski definition) is 2. The molecule has 3 nitrogen and oxygen atoms in total. The highest BCUT2D eigenvalue weighted by atomic mass is 79.9. The van der Waals surface area contributed by atoms with Crippen LogP contribution in [0.5, 0.6) is 5.75 Å². The smallest absolute Gasteiger partial charge is 0.248 e. The predicted octanol–water partition coefficient (Wildman–Crippen LogP) is 4.73. The lowest BCUT2D eigenvalue weighted by Crippen LogP contribution is -2.10. The Kier molecular flexibility index (Phi) is 5.39. The Balaban J connectivity index is 2.08. The van der Waals surface area contributed by atoms with Gasteiger partial charge in [-0.3, -0.25) is 4.79 Å². The van der Waals surface area contributed by atoms with E-state index < -0.39 is 0 Å². The summed E-state index contributed by atoms with van der Waals surface area (Å²) in [6.45, 7) is 3.95. The lowest BCUT2D eigenvalue weighted by molar-refractivity contribution is -0.111. The van der Waals surface area contributed by atoms with E-state index >= 15 is 0 Å². The van der Waals surface area contributed by atoms with Crippen LogP contribution in [-0.4, -0.2) is 13.0 Å². The number of amides is 1. The zero-order valence-electron chi connectivity index (χ0n) is 12.8. The third-order valence-corrected chi connectivity index (χ3v) is 3.75. The Bertz CT molecular complexity index is 683. The molecule has 1 N–H and O–H groups in total. The number of carbonyl (C=O) groups excluding carboxylic acids is 1. The molecule has 0 saturated heterocycles. The van der Waals surface area contributed by atoms with Crippen LogP contribution in [0, 0.1) is 13.8 Å². The first kappa shape index (κ1) is 16.3. The molecule has 2 rings (SSSR count). The third kappa shape index (κ3) is 4.21. The van der Waals surface area contributed by atoms with Crippen LogP contribution in [0.15, 0.2) is 46.9 Å². The molecule has 0 saturated carbocycles. The maximum Gasteiger partial charge on any atom is 0.248 e. The quantitative estimate of drug-likeness (QED) is 0.801. The molecule has 0 unspecified atom stereocenters. The topological polar surface area (TPSA) is 38.3 Å². The minimum Gasteiger partial charge on any atom is -0.497 e. The third-order valence-electron chi connectivity index (χ3n) is 3.29. The van der Waals surface area contributed by atoms with E-state index in [4.69, 9.17) is 4.74 Å². The van der Waals surface area contributed by atoms with Gasteiger partial charge < -0.3 is 10.1 Å². The summed E-state index contributed by atoms with van der Waals surface area (Å²) in [5.74, 6) is 0.645. The summed E-state index contributed by atoms with van der Waals surface area (Å²) in [7, 11) is 1.63. The van der Waals surface area contributed by atoms with E-state index in [1.807, 2.05) is 50.2 Å². The van der Waals surface area contributed by atoms with Crippen LogP contribution in [-0.2, 0) is 4.79 Å². The van der Waals surface area contributed by atoms with E-state index in [1.165, 1.54) is 6.08 Å². The molecule has 0 spiro atoms. The number of methoxy groups -OCH3 is 1. The molecule has 114 valence electrons. The number of anilines is 1. The van der Waals surface area contributed by atoms with E-state index in [1.54, 1.807) is 13.2 Å². The number of benzene rings is 2. The molecule has 2 aromatic rings. The van der Waals surface area contributed by atoms with Gasteiger partial charge in [0.05, 0.1) is 7.11 Å². The summed E-state index contributed by atoms with van der Waals surface area (Å²) in [6, 6.07) is 11.5. The Labute approximate surface area is 139 Å². The summed E-state index contributed by atoms with van der Waals surface area (Å²) in [4.78, 5) is 12.1. The highest BCUT2D eigenvalue weighted by molar-refractivity contribution is 9.10. The van der Waals surface area contributed by atoms with Crippen molar-refractivity contribution in [3.05, 3.63) is 63.6 Å². The van der Waals surface area contributed by atoms with Gasteiger partial charge in [0.25, 0.3) is 0 Å². The molecule has 4 heteroatoms. The lowest BCUT2D eigenvalue weighted by atomic mass is 10.1. The molecule has 0 aromatic heterocycles. The molecule has 0 fully saturated rings. The van der Waals surface area contributed by atoms with Crippen molar-refractivity contribution in [3.8, 4) is 5.75 Å². The molecule has 0 aliphatic carbocycles. The van der Waals surface area contributed by atoms with Gasteiger partial charge in [-0.05, 0) is 60.9 Å². The molecular weight excluding hydrogens is 342 g/mol.